The molecule has 7 nitrogen and oxygen atoms in total. The lowest BCUT2D eigenvalue weighted by Gasteiger charge is -2.31. The summed E-state index contributed by atoms with van der Waals surface area (Å²) in [6.45, 7) is 1.77. The highest BCUT2D eigenvalue weighted by molar-refractivity contribution is 5.94. The van der Waals surface area contributed by atoms with Crippen molar-refractivity contribution in [1.29, 1.82) is 0 Å². The maximum absolute atomic E-state index is 12.8. The molecule has 0 spiro atoms. The lowest BCUT2D eigenvalue weighted by molar-refractivity contribution is 0.0942. The quantitative estimate of drug-likeness (QED) is 0.755. The van der Waals surface area contributed by atoms with E-state index in [1.165, 1.54) is 5.56 Å². The second-order valence-electron chi connectivity index (χ2n) is 7.54. The summed E-state index contributed by atoms with van der Waals surface area (Å²) in [5, 5.41) is 11.0. The first-order valence-corrected chi connectivity index (χ1v) is 9.71. The highest BCUT2D eigenvalue weighted by atomic mass is 16.6. The van der Waals surface area contributed by atoms with E-state index >= 15 is 0 Å². The summed E-state index contributed by atoms with van der Waals surface area (Å²) in [7, 11) is 0. The molecule has 3 heterocycles. The van der Waals surface area contributed by atoms with E-state index in [0.29, 0.717) is 25.3 Å². The summed E-state index contributed by atoms with van der Waals surface area (Å²) in [5.74, 6) is 1.52. The van der Waals surface area contributed by atoms with Crippen molar-refractivity contribution in [2.24, 2.45) is 0 Å². The van der Waals surface area contributed by atoms with Crippen molar-refractivity contribution in [2.45, 2.75) is 31.1 Å². The maximum atomic E-state index is 12.8. The van der Waals surface area contributed by atoms with Gasteiger partial charge in [-0.2, -0.15) is 0 Å². The Morgan fingerprint density at radius 2 is 1.93 bits per heavy atom. The van der Waals surface area contributed by atoms with Crippen LogP contribution < -0.4 is 14.8 Å². The van der Waals surface area contributed by atoms with Crippen molar-refractivity contribution in [3.05, 3.63) is 54.0 Å². The van der Waals surface area contributed by atoms with E-state index < -0.39 is 0 Å². The monoisotopic (exact) mass is 378 g/mol. The van der Waals surface area contributed by atoms with Crippen LogP contribution in [0.3, 0.4) is 0 Å². The summed E-state index contributed by atoms with van der Waals surface area (Å²) in [6.07, 6.45) is 7.79. The molecule has 1 aliphatic carbocycles. The van der Waals surface area contributed by atoms with Gasteiger partial charge in [0.2, 0.25) is 0 Å². The first kappa shape index (κ1) is 17.0. The third kappa shape index (κ3) is 2.96. The Morgan fingerprint density at radius 1 is 1.11 bits per heavy atom. The Bertz CT molecular complexity index is 1020. The molecule has 0 radical (unpaired) electrons. The van der Waals surface area contributed by atoms with E-state index in [1.807, 2.05) is 6.07 Å². The number of fused-ring (bicyclic) bond motifs is 2. The minimum Gasteiger partial charge on any atom is -0.486 e. The fraction of sp³-hybridized carbons (Fsp3) is 0.381. The Balaban J connectivity index is 1.37. The third-order valence-electron chi connectivity index (χ3n) is 5.86. The number of hydrogen-bond acceptors (Lipinski definition) is 5. The summed E-state index contributed by atoms with van der Waals surface area (Å²) >= 11 is 0. The average Bonchev–Trinajstić information content (AvgIpc) is 3.41. The molecule has 0 bridgehead atoms. The Kier molecular flexibility index (Phi) is 4.15. The van der Waals surface area contributed by atoms with Gasteiger partial charge in [0.15, 0.2) is 17.1 Å². The molecule has 7 heteroatoms. The number of benzene rings is 1. The van der Waals surface area contributed by atoms with E-state index in [2.05, 4.69) is 27.6 Å². The first-order chi connectivity index (χ1) is 13.7. The van der Waals surface area contributed by atoms with E-state index in [4.69, 9.17) is 9.47 Å². The van der Waals surface area contributed by atoms with Crippen LogP contribution in [-0.4, -0.2) is 40.3 Å². The molecular weight excluding hydrogens is 356 g/mol. The van der Waals surface area contributed by atoms with Gasteiger partial charge in [-0.25, -0.2) is 0 Å². The molecule has 1 saturated carbocycles. The minimum absolute atomic E-state index is 0.0633. The molecule has 1 aromatic carbocycles. The van der Waals surface area contributed by atoms with Crippen LogP contribution in [0.5, 0.6) is 11.5 Å². The third-order valence-corrected chi connectivity index (χ3v) is 5.86. The number of aromatic nitrogens is 3. The predicted octanol–water partition coefficient (Wildman–Crippen LogP) is 2.74. The summed E-state index contributed by atoms with van der Waals surface area (Å²) in [4.78, 5) is 12.8. The van der Waals surface area contributed by atoms with Gasteiger partial charge in [-0.15, -0.1) is 10.2 Å². The Labute approximate surface area is 162 Å². The van der Waals surface area contributed by atoms with Crippen LogP contribution in [0.15, 0.2) is 42.9 Å². The van der Waals surface area contributed by atoms with E-state index in [1.54, 1.807) is 29.1 Å². The van der Waals surface area contributed by atoms with Crippen molar-refractivity contribution >= 4 is 11.6 Å². The van der Waals surface area contributed by atoms with Gasteiger partial charge in [0.25, 0.3) is 5.91 Å². The standard InChI is InChI=1S/C21H22N4O3/c26-20(15-3-6-19-24-23-14-25(19)12-15)22-13-21(7-1-2-8-21)16-4-5-17-18(11-16)28-10-9-27-17/h3-6,11-12,14H,1-2,7-10,13H2,(H,22,26). The zero-order valence-electron chi connectivity index (χ0n) is 15.6. The molecule has 1 N–H and O–H groups in total. The van der Waals surface area contributed by atoms with Gasteiger partial charge in [0, 0.05) is 18.2 Å². The van der Waals surface area contributed by atoms with Crippen LogP contribution in [0.2, 0.25) is 0 Å². The minimum atomic E-state index is -0.0839. The number of carbonyl (C=O) groups is 1. The first-order valence-electron chi connectivity index (χ1n) is 9.71. The fourth-order valence-corrected chi connectivity index (χ4v) is 4.31. The molecule has 2 aliphatic rings. The van der Waals surface area contributed by atoms with Gasteiger partial charge in [0.1, 0.15) is 19.5 Å². The largest absolute Gasteiger partial charge is 0.486 e. The molecule has 0 saturated heterocycles. The molecule has 5 rings (SSSR count). The maximum Gasteiger partial charge on any atom is 0.252 e. The molecule has 1 fully saturated rings. The number of nitrogens with zero attached hydrogens (tertiary/aromatic N) is 3. The zero-order valence-corrected chi connectivity index (χ0v) is 15.6. The van der Waals surface area contributed by atoms with Gasteiger partial charge in [-0.1, -0.05) is 18.9 Å². The molecule has 2 aromatic heterocycles. The second-order valence-corrected chi connectivity index (χ2v) is 7.54. The molecule has 1 aliphatic heterocycles. The van der Waals surface area contributed by atoms with Crippen molar-refractivity contribution in [2.75, 3.05) is 19.8 Å². The van der Waals surface area contributed by atoms with E-state index in [9.17, 15) is 4.79 Å². The fourth-order valence-electron chi connectivity index (χ4n) is 4.31. The summed E-state index contributed by atoms with van der Waals surface area (Å²) in [5.41, 5.74) is 2.47. The van der Waals surface area contributed by atoms with Gasteiger partial charge in [0.05, 0.1) is 5.56 Å². The number of pyridine rings is 1. The number of hydrogen-bond donors (Lipinski definition) is 1. The van der Waals surface area contributed by atoms with Crippen LogP contribution in [0.1, 0.15) is 41.6 Å². The zero-order chi connectivity index (χ0) is 19.0. The van der Waals surface area contributed by atoms with Gasteiger partial charge < -0.3 is 14.8 Å². The normalized spacial score (nSPS) is 17.6. The van der Waals surface area contributed by atoms with Gasteiger partial charge >= 0.3 is 0 Å². The molecular formula is C21H22N4O3. The van der Waals surface area contributed by atoms with Crippen LogP contribution in [0.4, 0.5) is 0 Å². The highest BCUT2D eigenvalue weighted by Crippen LogP contribution is 2.43. The molecule has 28 heavy (non-hydrogen) atoms. The molecule has 1 amide bonds. The van der Waals surface area contributed by atoms with Crippen LogP contribution in [0, 0.1) is 0 Å². The molecule has 144 valence electrons. The second kappa shape index (κ2) is 6.82. The van der Waals surface area contributed by atoms with Crippen LogP contribution >= 0.6 is 0 Å². The number of amides is 1. The lowest BCUT2D eigenvalue weighted by atomic mass is 9.78. The molecule has 3 aromatic rings. The van der Waals surface area contributed by atoms with E-state index in [-0.39, 0.29) is 11.3 Å². The average molecular weight is 378 g/mol. The van der Waals surface area contributed by atoms with Gasteiger partial charge in [-0.3, -0.25) is 9.20 Å². The van der Waals surface area contributed by atoms with Crippen molar-refractivity contribution < 1.29 is 14.3 Å². The Morgan fingerprint density at radius 3 is 2.79 bits per heavy atom. The van der Waals surface area contributed by atoms with E-state index in [0.717, 1.165) is 42.8 Å². The van der Waals surface area contributed by atoms with Crippen molar-refractivity contribution in [1.82, 2.24) is 19.9 Å². The predicted molar refractivity (Wildman–Crippen MR) is 103 cm³/mol. The van der Waals surface area contributed by atoms with Crippen molar-refractivity contribution in [3.8, 4) is 11.5 Å². The number of rotatable bonds is 4. The van der Waals surface area contributed by atoms with Gasteiger partial charge in [-0.05, 0) is 42.7 Å². The topological polar surface area (TPSA) is 77.8 Å². The SMILES string of the molecule is O=C(NCC1(c2ccc3c(c2)OCCO3)CCCC1)c1ccc2nncn2c1. The smallest absolute Gasteiger partial charge is 0.252 e. The molecule has 0 unspecified atom stereocenters. The van der Waals surface area contributed by atoms with Crippen LogP contribution in [-0.2, 0) is 5.41 Å². The summed E-state index contributed by atoms with van der Waals surface area (Å²) < 4.78 is 13.2. The Hall–Kier alpha value is -3.09. The van der Waals surface area contributed by atoms with Crippen molar-refractivity contribution in [3.63, 3.8) is 0 Å². The number of nitrogens with one attached hydrogen (secondary N) is 1. The number of carbonyl (C=O) groups excluding carboxylic acids is 1. The number of ether oxygens (including phenoxy) is 2. The van der Waals surface area contributed by atoms with Crippen LogP contribution in [0.25, 0.3) is 5.65 Å². The molecule has 0 atom stereocenters. The lowest BCUT2D eigenvalue weighted by Crippen LogP contribution is -2.39. The summed E-state index contributed by atoms with van der Waals surface area (Å²) in [6, 6.07) is 9.79. The highest BCUT2D eigenvalue weighted by Gasteiger charge is 2.37.